The summed E-state index contributed by atoms with van der Waals surface area (Å²) in [5.41, 5.74) is -0.464. The van der Waals surface area contributed by atoms with Crippen molar-refractivity contribution in [1.82, 2.24) is 0 Å². The van der Waals surface area contributed by atoms with E-state index in [2.05, 4.69) is 5.32 Å². The average molecular weight is 268 g/mol. The van der Waals surface area contributed by atoms with Crippen molar-refractivity contribution in [2.75, 3.05) is 11.9 Å². The molecule has 0 radical (unpaired) electrons. The van der Waals surface area contributed by atoms with Crippen LogP contribution >= 0.6 is 0 Å². The molecule has 0 heterocycles. The number of benzene rings is 1. The Morgan fingerprint density at radius 2 is 2.21 bits per heavy atom. The number of anilines is 1. The lowest BCUT2D eigenvalue weighted by Gasteiger charge is -2.12. The van der Waals surface area contributed by atoms with Crippen LogP contribution in [0.3, 0.4) is 0 Å². The standard InChI is InChI=1S/C12H16N2O5/c1-2-8(15)6-7-13-11-9(12(16)17)4-3-5-10(11)14(18)19/h3-5,8,13,15H,2,6-7H2,1H3,(H,16,17). The Balaban J connectivity index is 2.95. The molecular weight excluding hydrogens is 252 g/mol. The second-order valence-corrected chi connectivity index (χ2v) is 4.04. The van der Waals surface area contributed by atoms with Gasteiger partial charge in [0, 0.05) is 12.6 Å². The molecule has 7 heteroatoms. The van der Waals surface area contributed by atoms with Crippen LogP contribution in [0.4, 0.5) is 11.4 Å². The van der Waals surface area contributed by atoms with E-state index in [9.17, 15) is 20.0 Å². The number of carbonyl (C=O) groups is 1. The van der Waals surface area contributed by atoms with Gasteiger partial charge in [0.2, 0.25) is 0 Å². The van der Waals surface area contributed by atoms with E-state index >= 15 is 0 Å². The summed E-state index contributed by atoms with van der Waals surface area (Å²) in [6.07, 6.45) is 0.454. The van der Waals surface area contributed by atoms with Gasteiger partial charge in [0.25, 0.3) is 5.69 Å². The Bertz CT molecular complexity index is 443. The topological polar surface area (TPSA) is 113 Å². The molecule has 1 unspecified atom stereocenters. The molecule has 104 valence electrons. The van der Waals surface area contributed by atoms with Gasteiger partial charge < -0.3 is 15.5 Å². The normalized spacial score (nSPS) is 11.9. The Kier molecular flexibility index (Phi) is 5.25. The Hall–Kier alpha value is -2.15. The Morgan fingerprint density at radius 3 is 2.74 bits per heavy atom. The number of carboxylic acids is 1. The zero-order valence-corrected chi connectivity index (χ0v) is 10.5. The van der Waals surface area contributed by atoms with Gasteiger partial charge in [-0.2, -0.15) is 0 Å². The minimum atomic E-state index is -1.23. The zero-order chi connectivity index (χ0) is 14.4. The number of nitrogens with one attached hydrogen (secondary N) is 1. The van der Waals surface area contributed by atoms with Gasteiger partial charge >= 0.3 is 5.97 Å². The molecule has 1 rings (SSSR count). The first-order chi connectivity index (χ1) is 8.97. The van der Waals surface area contributed by atoms with Gasteiger partial charge in [0.15, 0.2) is 0 Å². The minimum Gasteiger partial charge on any atom is -0.478 e. The van der Waals surface area contributed by atoms with E-state index in [0.717, 1.165) is 0 Å². The maximum Gasteiger partial charge on any atom is 0.338 e. The molecule has 1 aromatic carbocycles. The molecule has 19 heavy (non-hydrogen) atoms. The van der Waals surface area contributed by atoms with Crippen LogP contribution in [-0.4, -0.2) is 33.8 Å². The van der Waals surface area contributed by atoms with Crippen molar-refractivity contribution in [3.63, 3.8) is 0 Å². The maximum absolute atomic E-state index is 11.0. The highest BCUT2D eigenvalue weighted by Gasteiger charge is 2.20. The maximum atomic E-state index is 11.0. The smallest absolute Gasteiger partial charge is 0.338 e. The Morgan fingerprint density at radius 1 is 1.53 bits per heavy atom. The number of aliphatic hydroxyl groups excluding tert-OH is 1. The van der Waals surface area contributed by atoms with Crippen LogP contribution in [0.2, 0.25) is 0 Å². The molecule has 1 atom stereocenters. The van der Waals surface area contributed by atoms with Crippen molar-refractivity contribution in [3.8, 4) is 0 Å². The summed E-state index contributed by atoms with van der Waals surface area (Å²) in [6, 6.07) is 3.87. The summed E-state index contributed by atoms with van der Waals surface area (Å²) in [6.45, 7) is 2.08. The molecule has 0 spiro atoms. The third-order valence-corrected chi connectivity index (χ3v) is 2.72. The fourth-order valence-corrected chi connectivity index (χ4v) is 1.62. The highest BCUT2D eigenvalue weighted by atomic mass is 16.6. The molecule has 0 saturated heterocycles. The van der Waals surface area contributed by atoms with E-state index in [0.29, 0.717) is 12.8 Å². The SMILES string of the molecule is CCC(O)CCNc1c(C(=O)O)cccc1[N+](=O)[O-]. The molecule has 0 amide bonds. The first kappa shape index (κ1) is 14.9. The lowest BCUT2D eigenvalue weighted by molar-refractivity contribution is -0.384. The van der Waals surface area contributed by atoms with E-state index in [-0.39, 0.29) is 23.5 Å². The van der Waals surface area contributed by atoms with Crippen molar-refractivity contribution in [3.05, 3.63) is 33.9 Å². The third-order valence-electron chi connectivity index (χ3n) is 2.72. The summed E-state index contributed by atoms with van der Waals surface area (Å²) in [5.74, 6) is -1.23. The largest absolute Gasteiger partial charge is 0.478 e. The predicted octanol–water partition coefficient (Wildman–Crippen LogP) is 1.87. The lowest BCUT2D eigenvalue weighted by atomic mass is 10.1. The zero-order valence-electron chi connectivity index (χ0n) is 10.5. The van der Waals surface area contributed by atoms with Gasteiger partial charge in [-0.25, -0.2) is 4.79 Å². The van der Waals surface area contributed by atoms with Gasteiger partial charge in [-0.05, 0) is 18.9 Å². The van der Waals surface area contributed by atoms with Crippen molar-refractivity contribution < 1.29 is 19.9 Å². The van der Waals surface area contributed by atoms with Gasteiger partial charge in [-0.1, -0.05) is 13.0 Å². The van der Waals surface area contributed by atoms with E-state index in [1.807, 2.05) is 6.92 Å². The van der Waals surface area contributed by atoms with Crippen LogP contribution < -0.4 is 5.32 Å². The van der Waals surface area contributed by atoms with Crippen LogP contribution in [-0.2, 0) is 0 Å². The third kappa shape index (κ3) is 3.92. The quantitative estimate of drug-likeness (QED) is 0.514. The van der Waals surface area contributed by atoms with Crippen LogP contribution in [0, 0.1) is 10.1 Å². The molecule has 3 N–H and O–H groups in total. The number of aromatic carboxylic acids is 1. The number of carboxylic acid groups (broad SMARTS) is 1. The van der Waals surface area contributed by atoms with Crippen LogP contribution in [0.25, 0.3) is 0 Å². The second-order valence-electron chi connectivity index (χ2n) is 4.04. The first-order valence-electron chi connectivity index (χ1n) is 5.90. The van der Waals surface area contributed by atoms with Crippen molar-refractivity contribution in [2.24, 2.45) is 0 Å². The van der Waals surface area contributed by atoms with Gasteiger partial charge in [0.1, 0.15) is 5.69 Å². The molecule has 1 aromatic rings. The summed E-state index contributed by atoms with van der Waals surface area (Å²) in [5, 5.41) is 32.0. The highest BCUT2D eigenvalue weighted by Crippen LogP contribution is 2.28. The van der Waals surface area contributed by atoms with Crippen molar-refractivity contribution in [2.45, 2.75) is 25.9 Å². The number of nitro groups is 1. The summed E-state index contributed by atoms with van der Waals surface area (Å²) >= 11 is 0. The monoisotopic (exact) mass is 268 g/mol. The van der Waals surface area contributed by atoms with E-state index in [1.165, 1.54) is 18.2 Å². The molecule has 0 aliphatic rings. The summed E-state index contributed by atoms with van der Waals surface area (Å²) in [7, 11) is 0. The number of nitrogens with zero attached hydrogens (tertiary/aromatic N) is 1. The number of aliphatic hydroxyl groups is 1. The van der Waals surface area contributed by atoms with Crippen molar-refractivity contribution in [1.29, 1.82) is 0 Å². The number of hydrogen-bond donors (Lipinski definition) is 3. The Labute approximate surface area is 110 Å². The number of nitro benzene ring substituents is 1. The molecule has 0 saturated carbocycles. The number of hydrogen-bond acceptors (Lipinski definition) is 5. The fraction of sp³-hybridized carbons (Fsp3) is 0.417. The van der Waals surface area contributed by atoms with E-state index in [4.69, 9.17) is 5.11 Å². The number of para-hydroxylation sites is 1. The highest BCUT2D eigenvalue weighted by molar-refractivity contribution is 5.96. The molecule has 0 aromatic heterocycles. The van der Waals surface area contributed by atoms with Crippen molar-refractivity contribution >= 4 is 17.3 Å². The second kappa shape index (κ2) is 6.69. The molecule has 0 fully saturated rings. The van der Waals surface area contributed by atoms with Crippen LogP contribution in [0.5, 0.6) is 0 Å². The van der Waals surface area contributed by atoms with E-state index in [1.54, 1.807) is 0 Å². The fourth-order valence-electron chi connectivity index (χ4n) is 1.62. The van der Waals surface area contributed by atoms with Gasteiger partial charge in [-0.15, -0.1) is 0 Å². The molecule has 0 aliphatic heterocycles. The lowest BCUT2D eigenvalue weighted by Crippen LogP contribution is -2.15. The predicted molar refractivity (Wildman–Crippen MR) is 69.5 cm³/mol. The first-order valence-corrected chi connectivity index (χ1v) is 5.90. The van der Waals surface area contributed by atoms with Gasteiger partial charge in [-0.3, -0.25) is 10.1 Å². The average Bonchev–Trinajstić information content (AvgIpc) is 2.37. The molecular formula is C12H16N2O5. The number of rotatable bonds is 7. The molecule has 0 bridgehead atoms. The molecule has 0 aliphatic carbocycles. The summed E-state index contributed by atoms with van der Waals surface area (Å²) < 4.78 is 0. The van der Waals surface area contributed by atoms with Gasteiger partial charge in [0.05, 0.1) is 16.6 Å². The summed E-state index contributed by atoms with van der Waals surface area (Å²) in [4.78, 5) is 21.3. The minimum absolute atomic E-state index is 0.0247. The van der Waals surface area contributed by atoms with Crippen LogP contribution in [0.1, 0.15) is 30.1 Å². The molecule has 7 nitrogen and oxygen atoms in total. The van der Waals surface area contributed by atoms with Crippen LogP contribution in [0.15, 0.2) is 18.2 Å². The van der Waals surface area contributed by atoms with E-state index < -0.39 is 17.0 Å².